The number of hydrogen-bond acceptors (Lipinski definition) is 8. The maximum absolute atomic E-state index is 12.1. The Labute approximate surface area is 171 Å². The van der Waals surface area contributed by atoms with Crippen molar-refractivity contribution in [2.24, 2.45) is 16.8 Å². The van der Waals surface area contributed by atoms with Gasteiger partial charge >= 0.3 is 11.7 Å². The number of hydrogen-bond donors (Lipinski definition) is 3. The molecule has 1 saturated heterocycles. The van der Waals surface area contributed by atoms with E-state index in [-0.39, 0.29) is 25.5 Å². The lowest BCUT2D eigenvalue weighted by Gasteiger charge is -2.17. The van der Waals surface area contributed by atoms with E-state index in [2.05, 4.69) is 20.3 Å². The van der Waals surface area contributed by atoms with E-state index < -0.39 is 47.5 Å². The molecule has 0 unspecified atom stereocenters. The van der Waals surface area contributed by atoms with Crippen LogP contribution < -0.4 is 22.3 Å². The van der Waals surface area contributed by atoms with Gasteiger partial charge in [0.05, 0.1) is 12.1 Å². The number of H-pyrrole nitrogens is 1. The monoisotopic (exact) mass is 423 g/mol. The lowest BCUT2D eigenvalue weighted by atomic mass is 10.1. The highest BCUT2D eigenvalue weighted by atomic mass is 16.6. The van der Waals surface area contributed by atoms with Gasteiger partial charge in [-0.2, -0.15) is 0 Å². The van der Waals surface area contributed by atoms with Gasteiger partial charge in [-0.25, -0.2) is 4.79 Å². The predicted octanol–water partition coefficient (Wildman–Crippen LogP) is -0.546. The summed E-state index contributed by atoms with van der Waals surface area (Å²) in [4.78, 5) is 52.2. The topological polar surface area (TPSA) is 194 Å². The molecule has 13 nitrogen and oxygen atoms in total. The molecule has 30 heavy (non-hydrogen) atoms. The minimum atomic E-state index is -0.809. The first-order valence-corrected chi connectivity index (χ1v) is 9.34. The van der Waals surface area contributed by atoms with Gasteiger partial charge in [-0.3, -0.25) is 23.9 Å². The van der Waals surface area contributed by atoms with Crippen molar-refractivity contribution < 1.29 is 19.1 Å². The minimum absolute atomic E-state index is 0.0885. The number of carbonyl (C=O) groups excluding carboxylic acids is 2. The molecule has 1 aliphatic heterocycles. The smallest absolute Gasteiger partial charge is 0.330 e. The van der Waals surface area contributed by atoms with Gasteiger partial charge in [0.2, 0.25) is 5.91 Å². The van der Waals surface area contributed by atoms with Crippen LogP contribution in [0.5, 0.6) is 0 Å². The van der Waals surface area contributed by atoms with Gasteiger partial charge < -0.3 is 20.5 Å². The summed E-state index contributed by atoms with van der Waals surface area (Å²) in [5, 5.41) is 6.02. The van der Waals surface area contributed by atoms with Crippen LogP contribution in [0, 0.1) is 12.8 Å². The van der Waals surface area contributed by atoms with E-state index in [4.69, 9.17) is 20.7 Å². The van der Waals surface area contributed by atoms with Crippen molar-refractivity contribution in [2.75, 3.05) is 13.2 Å². The zero-order valence-corrected chi connectivity index (χ0v) is 16.9. The molecule has 0 aromatic carbocycles. The summed E-state index contributed by atoms with van der Waals surface area (Å²) in [5.41, 5.74) is 13.6. The average molecular weight is 423 g/mol. The second-order valence-corrected chi connectivity index (χ2v) is 7.29. The lowest BCUT2D eigenvalue weighted by molar-refractivity contribution is -0.148. The van der Waals surface area contributed by atoms with Crippen LogP contribution in [-0.2, 0) is 19.1 Å². The van der Waals surface area contributed by atoms with Gasteiger partial charge in [-0.1, -0.05) is 19.0 Å². The molecule has 0 radical (unpaired) electrons. The molecule has 0 saturated carbocycles. The van der Waals surface area contributed by atoms with Crippen molar-refractivity contribution in [3.63, 3.8) is 0 Å². The Kier molecular flexibility index (Phi) is 7.75. The number of esters is 1. The van der Waals surface area contributed by atoms with Crippen molar-refractivity contribution in [1.29, 1.82) is 0 Å². The number of amides is 1. The summed E-state index contributed by atoms with van der Waals surface area (Å²) >= 11 is 0. The first-order chi connectivity index (χ1) is 14.1. The van der Waals surface area contributed by atoms with Crippen molar-refractivity contribution in [2.45, 2.75) is 51.6 Å². The summed E-state index contributed by atoms with van der Waals surface area (Å²) in [6.07, 6.45) is -0.114. The minimum Gasteiger partial charge on any atom is -0.462 e. The van der Waals surface area contributed by atoms with Crippen molar-refractivity contribution in [1.82, 2.24) is 14.9 Å². The predicted molar refractivity (Wildman–Crippen MR) is 104 cm³/mol. The second kappa shape index (κ2) is 10.1. The van der Waals surface area contributed by atoms with Crippen LogP contribution >= 0.6 is 0 Å². The second-order valence-electron chi connectivity index (χ2n) is 7.29. The summed E-state index contributed by atoms with van der Waals surface area (Å²) < 4.78 is 12.0. The van der Waals surface area contributed by atoms with Gasteiger partial charge in [0.15, 0.2) is 0 Å². The quantitative estimate of drug-likeness (QED) is 0.216. The van der Waals surface area contributed by atoms with E-state index in [1.54, 1.807) is 13.8 Å². The fourth-order valence-electron chi connectivity index (χ4n) is 2.83. The molecule has 4 N–H and O–H groups in total. The molecule has 1 aromatic rings. The SMILES string of the molecule is Cc1cn([C@H]2C[C@H](N=[N+]=[N-])[C@@H](COC(=O)CNC(=O)[C@@H](N)C(C)C)O2)c(=O)[nH]c1=O. The molecule has 1 amide bonds. The van der Waals surface area contributed by atoms with Crippen LogP contribution in [0.3, 0.4) is 0 Å². The standard InChI is InChI=1S/C17H25N7O6/c1-8(2)14(18)16(27)20-5-13(25)29-7-11-10(22-23-19)4-12(30-11)24-6-9(3)15(26)21-17(24)28/h6,8,10-12,14H,4-5,7,18H2,1-3H3,(H,20,27)(H,21,26,28)/t10-,11+,12+,14-/m0/s1. The van der Waals surface area contributed by atoms with Gasteiger partial charge in [-0.05, 0) is 18.4 Å². The van der Waals surface area contributed by atoms with E-state index in [1.165, 1.54) is 17.7 Å². The summed E-state index contributed by atoms with van der Waals surface area (Å²) in [6, 6.07) is -1.44. The lowest BCUT2D eigenvalue weighted by Crippen LogP contribution is -2.45. The van der Waals surface area contributed by atoms with Crippen LogP contribution in [0.4, 0.5) is 0 Å². The number of carbonyl (C=O) groups is 2. The molecule has 2 heterocycles. The third-order valence-electron chi connectivity index (χ3n) is 4.70. The van der Waals surface area contributed by atoms with E-state index in [9.17, 15) is 19.2 Å². The average Bonchev–Trinajstić information content (AvgIpc) is 3.09. The van der Waals surface area contributed by atoms with Gasteiger partial charge in [-0.15, -0.1) is 0 Å². The van der Waals surface area contributed by atoms with Crippen molar-refractivity contribution in [3.05, 3.63) is 43.0 Å². The van der Waals surface area contributed by atoms with Crippen LogP contribution in [0.2, 0.25) is 0 Å². The third-order valence-corrected chi connectivity index (χ3v) is 4.70. The van der Waals surface area contributed by atoms with Crippen LogP contribution in [-0.4, -0.2) is 52.8 Å². The van der Waals surface area contributed by atoms with E-state index in [0.29, 0.717) is 5.56 Å². The molecule has 164 valence electrons. The van der Waals surface area contributed by atoms with E-state index >= 15 is 0 Å². The Morgan fingerprint density at radius 2 is 2.20 bits per heavy atom. The molecule has 2 rings (SSSR count). The number of aryl methyl sites for hydroxylation is 1. The van der Waals surface area contributed by atoms with Crippen molar-refractivity contribution in [3.8, 4) is 0 Å². The number of nitrogens with two attached hydrogens (primary N) is 1. The molecule has 0 bridgehead atoms. The maximum Gasteiger partial charge on any atom is 0.330 e. The molecular weight excluding hydrogens is 398 g/mol. The zero-order chi connectivity index (χ0) is 22.4. The normalized spacial score (nSPS) is 21.7. The molecule has 0 spiro atoms. The van der Waals surface area contributed by atoms with Gasteiger partial charge in [0.25, 0.3) is 5.56 Å². The highest BCUT2D eigenvalue weighted by Crippen LogP contribution is 2.30. The molecule has 0 aliphatic carbocycles. The van der Waals surface area contributed by atoms with Crippen LogP contribution in [0.25, 0.3) is 10.4 Å². The number of rotatable bonds is 8. The molecule has 1 aromatic heterocycles. The Morgan fingerprint density at radius 1 is 1.50 bits per heavy atom. The fourth-order valence-corrected chi connectivity index (χ4v) is 2.83. The first-order valence-electron chi connectivity index (χ1n) is 9.34. The molecule has 1 aliphatic rings. The van der Waals surface area contributed by atoms with E-state index in [1.807, 2.05) is 0 Å². The Morgan fingerprint density at radius 3 is 2.83 bits per heavy atom. The molecule has 4 atom stereocenters. The first kappa shape index (κ1) is 23.1. The highest BCUT2D eigenvalue weighted by molar-refractivity contribution is 5.85. The largest absolute Gasteiger partial charge is 0.462 e. The summed E-state index contributed by atoms with van der Waals surface area (Å²) in [5.74, 6) is -1.28. The summed E-state index contributed by atoms with van der Waals surface area (Å²) in [6.45, 7) is 4.47. The van der Waals surface area contributed by atoms with Crippen molar-refractivity contribution >= 4 is 11.9 Å². The number of nitrogens with one attached hydrogen (secondary N) is 2. The number of aromatic nitrogens is 2. The number of aromatic amines is 1. The fraction of sp³-hybridized carbons (Fsp3) is 0.647. The molecular formula is C17H25N7O6. The number of azide groups is 1. The number of nitrogens with zero attached hydrogens (tertiary/aromatic N) is 4. The number of ether oxygens (including phenoxy) is 2. The Hall–Kier alpha value is -3.15. The maximum atomic E-state index is 12.1. The van der Waals surface area contributed by atoms with E-state index in [0.717, 1.165) is 0 Å². The molecule has 1 fully saturated rings. The third kappa shape index (κ3) is 5.69. The zero-order valence-electron chi connectivity index (χ0n) is 16.9. The van der Waals surface area contributed by atoms with Gasteiger partial charge in [0, 0.05) is 23.1 Å². The van der Waals surface area contributed by atoms with Crippen LogP contribution in [0.15, 0.2) is 20.9 Å². The summed E-state index contributed by atoms with van der Waals surface area (Å²) in [7, 11) is 0. The van der Waals surface area contributed by atoms with Gasteiger partial charge in [0.1, 0.15) is 25.5 Å². The Balaban J connectivity index is 1.98. The molecule has 13 heteroatoms. The van der Waals surface area contributed by atoms with Crippen LogP contribution in [0.1, 0.15) is 32.1 Å². The highest BCUT2D eigenvalue weighted by Gasteiger charge is 2.37. The Bertz CT molecular complexity index is 949.